The molecule has 4 N–H and O–H groups in total. The third-order valence-corrected chi connectivity index (χ3v) is 3.20. The zero-order valence-electron chi connectivity index (χ0n) is 13.4. The van der Waals surface area contributed by atoms with Crippen molar-refractivity contribution in [2.45, 2.75) is 6.54 Å². The van der Waals surface area contributed by atoms with Gasteiger partial charge in [-0.05, 0) is 23.8 Å². The number of hydrogen-bond donors (Lipinski definition) is 4. The highest BCUT2D eigenvalue weighted by molar-refractivity contribution is 6.40. The summed E-state index contributed by atoms with van der Waals surface area (Å²) in [6, 6.07) is 9.95. The van der Waals surface area contributed by atoms with Crippen molar-refractivity contribution < 1.29 is 19.5 Å². The monoisotopic (exact) mass is 342 g/mol. The second-order valence-corrected chi connectivity index (χ2v) is 5.02. The minimum absolute atomic E-state index is 0.0283. The van der Waals surface area contributed by atoms with Crippen molar-refractivity contribution in [3.8, 4) is 0 Å². The van der Waals surface area contributed by atoms with E-state index in [2.05, 4.69) is 20.9 Å². The molecule has 0 spiro atoms. The molecule has 0 unspecified atom stereocenters. The van der Waals surface area contributed by atoms with Crippen molar-refractivity contribution >= 4 is 23.4 Å². The van der Waals surface area contributed by atoms with Crippen LogP contribution in [0, 0.1) is 0 Å². The van der Waals surface area contributed by atoms with Gasteiger partial charge in [0.05, 0.1) is 17.9 Å². The Kier molecular flexibility index (Phi) is 6.61. The van der Waals surface area contributed by atoms with Crippen LogP contribution >= 0.6 is 0 Å². The van der Waals surface area contributed by atoms with Crippen LogP contribution in [0.2, 0.25) is 0 Å². The van der Waals surface area contributed by atoms with E-state index >= 15 is 0 Å². The molecule has 2 rings (SSSR count). The number of hydrogen-bond acceptors (Lipinski definition) is 5. The molecule has 2 aromatic rings. The van der Waals surface area contributed by atoms with Gasteiger partial charge in [0.2, 0.25) is 0 Å². The molecule has 3 amide bonds. The van der Waals surface area contributed by atoms with Crippen molar-refractivity contribution in [3.05, 3.63) is 59.9 Å². The van der Waals surface area contributed by atoms with Crippen molar-refractivity contribution in [1.82, 2.24) is 15.6 Å². The SMILES string of the molecule is O=C(NCCO)C(=O)Nc1ccccc1C(=O)NCc1cccnc1. The molecule has 0 aliphatic rings. The van der Waals surface area contributed by atoms with Gasteiger partial charge in [-0.2, -0.15) is 0 Å². The maximum Gasteiger partial charge on any atom is 0.313 e. The molecule has 1 heterocycles. The lowest BCUT2D eigenvalue weighted by atomic mass is 10.1. The highest BCUT2D eigenvalue weighted by Crippen LogP contribution is 2.15. The lowest BCUT2D eigenvalue weighted by molar-refractivity contribution is -0.136. The number of nitrogens with one attached hydrogen (secondary N) is 3. The van der Waals surface area contributed by atoms with Crippen LogP contribution < -0.4 is 16.0 Å². The van der Waals surface area contributed by atoms with Gasteiger partial charge in [0.15, 0.2) is 0 Å². The van der Waals surface area contributed by atoms with Gasteiger partial charge in [-0.25, -0.2) is 0 Å². The Labute approximate surface area is 144 Å². The standard InChI is InChI=1S/C17H18N4O4/c22-9-8-19-16(24)17(25)21-14-6-2-1-5-13(14)15(23)20-11-12-4-3-7-18-10-12/h1-7,10,22H,8-9,11H2,(H,19,24)(H,20,23)(H,21,25). The molecule has 0 aliphatic heterocycles. The summed E-state index contributed by atoms with van der Waals surface area (Å²) < 4.78 is 0. The lowest BCUT2D eigenvalue weighted by Gasteiger charge is -2.11. The molecule has 0 radical (unpaired) electrons. The van der Waals surface area contributed by atoms with Gasteiger partial charge in [0.25, 0.3) is 5.91 Å². The van der Waals surface area contributed by atoms with E-state index in [4.69, 9.17) is 5.11 Å². The largest absolute Gasteiger partial charge is 0.395 e. The Balaban J connectivity index is 2.02. The Hall–Kier alpha value is -3.26. The maximum absolute atomic E-state index is 12.3. The number of aromatic nitrogens is 1. The third-order valence-electron chi connectivity index (χ3n) is 3.20. The Bertz CT molecular complexity index is 749. The maximum atomic E-state index is 12.3. The van der Waals surface area contributed by atoms with E-state index < -0.39 is 17.7 Å². The second kappa shape index (κ2) is 9.14. The molecule has 0 fully saturated rings. The van der Waals surface area contributed by atoms with Gasteiger partial charge in [0, 0.05) is 25.5 Å². The van der Waals surface area contributed by atoms with Gasteiger partial charge in [-0.15, -0.1) is 0 Å². The molecule has 8 heteroatoms. The molecule has 130 valence electrons. The summed E-state index contributed by atoms with van der Waals surface area (Å²) in [5.74, 6) is -2.20. The summed E-state index contributed by atoms with van der Waals surface area (Å²) in [5, 5.41) is 16.0. The minimum Gasteiger partial charge on any atom is -0.395 e. The fraction of sp³-hybridized carbons (Fsp3) is 0.176. The molecule has 1 aromatic carbocycles. The number of benzene rings is 1. The fourth-order valence-corrected chi connectivity index (χ4v) is 2.00. The summed E-state index contributed by atoms with van der Waals surface area (Å²) in [6.45, 7) is -0.0161. The average Bonchev–Trinajstić information content (AvgIpc) is 2.65. The predicted molar refractivity (Wildman–Crippen MR) is 90.6 cm³/mol. The molecule has 0 saturated carbocycles. The van der Waals surface area contributed by atoms with E-state index in [0.29, 0.717) is 0 Å². The topological polar surface area (TPSA) is 120 Å². The smallest absolute Gasteiger partial charge is 0.313 e. The number of para-hydroxylation sites is 1. The molecular formula is C17H18N4O4. The van der Waals surface area contributed by atoms with Gasteiger partial charge in [0.1, 0.15) is 0 Å². The lowest BCUT2D eigenvalue weighted by Crippen LogP contribution is -2.37. The first-order valence-electron chi connectivity index (χ1n) is 7.58. The third kappa shape index (κ3) is 5.40. The van der Waals surface area contributed by atoms with E-state index in [-0.39, 0.29) is 30.9 Å². The Morgan fingerprint density at radius 1 is 1.00 bits per heavy atom. The summed E-state index contributed by atoms with van der Waals surface area (Å²) in [5.41, 5.74) is 1.28. The van der Waals surface area contributed by atoms with Gasteiger partial charge < -0.3 is 21.1 Å². The van der Waals surface area contributed by atoms with Crippen LogP contribution in [0.3, 0.4) is 0 Å². The first-order chi connectivity index (χ1) is 12.1. The van der Waals surface area contributed by atoms with E-state index in [1.165, 1.54) is 6.07 Å². The number of carbonyl (C=O) groups is 3. The summed E-state index contributed by atoms with van der Waals surface area (Å²) >= 11 is 0. The normalized spacial score (nSPS) is 9.96. The van der Waals surface area contributed by atoms with Gasteiger partial charge in [-0.3, -0.25) is 19.4 Å². The van der Waals surface area contributed by atoms with Crippen LogP contribution in [0.5, 0.6) is 0 Å². The molecule has 0 saturated heterocycles. The number of aliphatic hydroxyl groups excluding tert-OH is 1. The number of carbonyl (C=O) groups excluding carboxylic acids is 3. The highest BCUT2D eigenvalue weighted by atomic mass is 16.3. The first kappa shape index (κ1) is 18.1. The molecule has 8 nitrogen and oxygen atoms in total. The molecule has 0 atom stereocenters. The number of aliphatic hydroxyl groups is 1. The van der Waals surface area contributed by atoms with Crippen molar-refractivity contribution in [2.24, 2.45) is 0 Å². The van der Waals surface area contributed by atoms with Gasteiger partial charge >= 0.3 is 11.8 Å². The quantitative estimate of drug-likeness (QED) is 0.553. The van der Waals surface area contributed by atoms with E-state index in [9.17, 15) is 14.4 Å². The van der Waals surface area contributed by atoms with Crippen molar-refractivity contribution in [1.29, 1.82) is 0 Å². The number of anilines is 1. The van der Waals surface area contributed by atoms with Crippen molar-refractivity contribution in [2.75, 3.05) is 18.5 Å². The Morgan fingerprint density at radius 3 is 2.52 bits per heavy atom. The second-order valence-electron chi connectivity index (χ2n) is 5.02. The minimum atomic E-state index is -0.916. The van der Waals surface area contributed by atoms with Crippen LogP contribution in [-0.4, -0.2) is 41.0 Å². The summed E-state index contributed by atoms with van der Waals surface area (Å²) in [6.07, 6.45) is 3.28. The van der Waals surface area contributed by atoms with E-state index in [1.807, 2.05) is 6.07 Å². The molecule has 0 bridgehead atoms. The van der Waals surface area contributed by atoms with Crippen LogP contribution in [0.1, 0.15) is 15.9 Å². The first-order valence-corrected chi connectivity index (χ1v) is 7.58. The van der Waals surface area contributed by atoms with E-state index in [0.717, 1.165) is 5.56 Å². The van der Waals surface area contributed by atoms with E-state index in [1.54, 1.807) is 36.7 Å². The number of pyridine rings is 1. The molecule has 25 heavy (non-hydrogen) atoms. The molecular weight excluding hydrogens is 324 g/mol. The van der Waals surface area contributed by atoms with Crippen LogP contribution in [0.25, 0.3) is 0 Å². The number of amides is 3. The Morgan fingerprint density at radius 2 is 1.80 bits per heavy atom. The number of nitrogens with zero attached hydrogens (tertiary/aromatic N) is 1. The van der Waals surface area contributed by atoms with Crippen LogP contribution in [-0.2, 0) is 16.1 Å². The number of rotatable bonds is 6. The van der Waals surface area contributed by atoms with Crippen LogP contribution in [0.15, 0.2) is 48.8 Å². The summed E-state index contributed by atoms with van der Waals surface area (Å²) in [4.78, 5) is 39.7. The zero-order valence-corrected chi connectivity index (χ0v) is 13.4. The highest BCUT2D eigenvalue weighted by Gasteiger charge is 2.17. The van der Waals surface area contributed by atoms with Crippen LogP contribution in [0.4, 0.5) is 5.69 Å². The average molecular weight is 342 g/mol. The zero-order chi connectivity index (χ0) is 18.1. The summed E-state index contributed by atoms with van der Waals surface area (Å²) in [7, 11) is 0. The predicted octanol–water partition coefficient (Wildman–Crippen LogP) is 0.0586. The molecule has 0 aliphatic carbocycles. The fourth-order valence-electron chi connectivity index (χ4n) is 2.00. The van der Waals surface area contributed by atoms with Gasteiger partial charge in [-0.1, -0.05) is 18.2 Å². The van der Waals surface area contributed by atoms with Crippen molar-refractivity contribution in [3.63, 3.8) is 0 Å². The molecule has 1 aromatic heterocycles.